The molecule has 1 saturated heterocycles. The molecule has 1 heterocycles. The van der Waals surface area contributed by atoms with Gasteiger partial charge >= 0.3 is 5.97 Å². The fourth-order valence-corrected chi connectivity index (χ4v) is 2.43. The van der Waals surface area contributed by atoms with Gasteiger partial charge < -0.3 is 19.6 Å². The number of benzene rings is 1. The lowest BCUT2D eigenvalue weighted by Gasteiger charge is -2.32. The van der Waals surface area contributed by atoms with Crippen molar-refractivity contribution >= 4 is 5.97 Å². The zero-order chi connectivity index (χ0) is 15.2. The number of rotatable bonds is 6. The third-order valence-electron chi connectivity index (χ3n) is 3.87. The predicted molar refractivity (Wildman–Crippen MR) is 82.0 cm³/mol. The smallest absolute Gasteiger partial charge is 0.335 e. The lowest BCUT2D eigenvalue weighted by Crippen LogP contribution is -2.45. The minimum Gasteiger partial charge on any atom is -0.491 e. The summed E-state index contributed by atoms with van der Waals surface area (Å²) in [7, 11) is 2.15. The van der Waals surface area contributed by atoms with Crippen molar-refractivity contribution in [3.63, 3.8) is 0 Å². The molecule has 1 atom stereocenters. The van der Waals surface area contributed by atoms with Gasteiger partial charge in [0, 0.05) is 32.7 Å². The predicted octanol–water partition coefficient (Wildman–Crippen LogP) is 1.79. The molecule has 1 aliphatic rings. The molecule has 0 radical (unpaired) electrons. The number of hydrogen-bond acceptors (Lipinski definition) is 4. The van der Waals surface area contributed by atoms with Crippen molar-refractivity contribution in [1.82, 2.24) is 9.80 Å². The maximum absolute atomic E-state index is 10.9. The molecule has 0 spiro atoms. The zero-order valence-electron chi connectivity index (χ0n) is 12.8. The first kappa shape index (κ1) is 15.8. The van der Waals surface area contributed by atoms with E-state index in [1.54, 1.807) is 24.3 Å². The summed E-state index contributed by atoms with van der Waals surface area (Å²) in [4.78, 5) is 15.7. The lowest BCUT2D eigenvalue weighted by atomic mass is 10.2. The SMILES string of the molecule is CC(CCN1CCN(C)CC1)Oc1cccc(C(=O)O)c1. The molecule has 0 amide bonds. The van der Waals surface area contributed by atoms with Crippen LogP contribution in [0.15, 0.2) is 24.3 Å². The fraction of sp³-hybridized carbons (Fsp3) is 0.562. The van der Waals surface area contributed by atoms with Crippen LogP contribution in [-0.2, 0) is 0 Å². The van der Waals surface area contributed by atoms with E-state index in [1.165, 1.54) is 0 Å². The van der Waals surface area contributed by atoms with Crippen LogP contribution in [-0.4, -0.2) is 66.8 Å². The third kappa shape index (κ3) is 5.02. The molecule has 1 aliphatic heterocycles. The van der Waals surface area contributed by atoms with E-state index in [-0.39, 0.29) is 11.7 Å². The van der Waals surface area contributed by atoms with Crippen molar-refractivity contribution in [3.8, 4) is 5.75 Å². The van der Waals surface area contributed by atoms with Crippen molar-refractivity contribution in [2.45, 2.75) is 19.4 Å². The van der Waals surface area contributed by atoms with Gasteiger partial charge in [0.1, 0.15) is 5.75 Å². The Balaban J connectivity index is 1.77. The van der Waals surface area contributed by atoms with Crippen LogP contribution in [0.25, 0.3) is 0 Å². The van der Waals surface area contributed by atoms with Gasteiger partial charge in [-0.1, -0.05) is 6.07 Å². The van der Waals surface area contributed by atoms with Gasteiger partial charge in [0.25, 0.3) is 0 Å². The van der Waals surface area contributed by atoms with Crippen molar-refractivity contribution in [1.29, 1.82) is 0 Å². The standard InChI is InChI=1S/C16H24N2O3/c1-13(6-7-18-10-8-17(2)9-11-18)21-15-5-3-4-14(12-15)16(19)20/h3-5,12-13H,6-11H2,1-2H3,(H,19,20). The van der Waals surface area contributed by atoms with E-state index in [0.29, 0.717) is 5.75 Å². The summed E-state index contributed by atoms with van der Waals surface area (Å²) in [5, 5.41) is 8.97. The summed E-state index contributed by atoms with van der Waals surface area (Å²) in [6, 6.07) is 6.67. The van der Waals surface area contributed by atoms with Crippen molar-refractivity contribution in [3.05, 3.63) is 29.8 Å². The van der Waals surface area contributed by atoms with Crippen molar-refractivity contribution in [2.24, 2.45) is 0 Å². The van der Waals surface area contributed by atoms with Crippen LogP contribution in [0.4, 0.5) is 0 Å². The molecule has 2 rings (SSSR count). The maximum atomic E-state index is 10.9. The van der Waals surface area contributed by atoms with Gasteiger partial charge in [-0.15, -0.1) is 0 Å². The molecule has 116 valence electrons. The summed E-state index contributed by atoms with van der Waals surface area (Å²) < 4.78 is 5.82. The molecule has 21 heavy (non-hydrogen) atoms. The second-order valence-corrected chi connectivity index (χ2v) is 5.70. The average Bonchev–Trinajstić information content (AvgIpc) is 2.47. The molecule has 1 aromatic rings. The van der Waals surface area contributed by atoms with Crippen LogP contribution in [0.5, 0.6) is 5.75 Å². The van der Waals surface area contributed by atoms with E-state index < -0.39 is 5.97 Å². The quantitative estimate of drug-likeness (QED) is 0.866. The van der Waals surface area contributed by atoms with E-state index in [9.17, 15) is 4.79 Å². The monoisotopic (exact) mass is 292 g/mol. The number of likely N-dealkylation sites (N-methyl/N-ethyl adjacent to an activating group) is 1. The highest BCUT2D eigenvalue weighted by Crippen LogP contribution is 2.16. The number of carboxylic acids is 1. The molecule has 0 aliphatic carbocycles. The lowest BCUT2D eigenvalue weighted by molar-refractivity contribution is 0.0695. The Kier molecular flexibility index (Phi) is 5.59. The van der Waals surface area contributed by atoms with Crippen LogP contribution >= 0.6 is 0 Å². The highest BCUT2D eigenvalue weighted by atomic mass is 16.5. The van der Waals surface area contributed by atoms with Gasteiger partial charge in [-0.25, -0.2) is 4.79 Å². The number of nitrogens with zero attached hydrogens (tertiary/aromatic N) is 2. The van der Waals surface area contributed by atoms with E-state index in [1.807, 2.05) is 6.92 Å². The van der Waals surface area contributed by atoms with E-state index in [2.05, 4.69) is 16.8 Å². The first-order chi connectivity index (χ1) is 10.0. The minimum atomic E-state index is -0.925. The Hall–Kier alpha value is -1.59. The highest BCUT2D eigenvalue weighted by molar-refractivity contribution is 5.87. The topological polar surface area (TPSA) is 53.0 Å². The first-order valence-corrected chi connectivity index (χ1v) is 7.45. The van der Waals surface area contributed by atoms with Crippen LogP contribution in [0.1, 0.15) is 23.7 Å². The van der Waals surface area contributed by atoms with Crippen molar-refractivity contribution < 1.29 is 14.6 Å². The fourth-order valence-electron chi connectivity index (χ4n) is 2.43. The van der Waals surface area contributed by atoms with E-state index in [0.717, 1.165) is 39.1 Å². The maximum Gasteiger partial charge on any atom is 0.335 e. The number of carbonyl (C=O) groups is 1. The van der Waals surface area contributed by atoms with Crippen LogP contribution in [0.3, 0.4) is 0 Å². The normalized spacial score (nSPS) is 18.4. The summed E-state index contributed by atoms with van der Waals surface area (Å²) in [5.74, 6) is -0.300. The molecule has 0 saturated carbocycles. The van der Waals surface area contributed by atoms with Crippen LogP contribution < -0.4 is 4.74 Å². The Labute approximate surface area is 126 Å². The van der Waals surface area contributed by atoms with Crippen LogP contribution in [0, 0.1) is 0 Å². The molecule has 5 nitrogen and oxygen atoms in total. The number of hydrogen-bond donors (Lipinski definition) is 1. The van der Waals surface area contributed by atoms with Gasteiger partial charge in [0.15, 0.2) is 0 Å². The molecular formula is C16H24N2O3. The molecule has 1 fully saturated rings. The Morgan fingerprint density at radius 2 is 2.05 bits per heavy atom. The van der Waals surface area contributed by atoms with E-state index >= 15 is 0 Å². The number of piperazine rings is 1. The summed E-state index contributed by atoms with van der Waals surface area (Å²) in [6.07, 6.45) is 1.02. The largest absolute Gasteiger partial charge is 0.491 e. The van der Waals surface area contributed by atoms with Crippen LogP contribution in [0.2, 0.25) is 0 Å². The first-order valence-electron chi connectivity index (χ1n) is 7.45. The molecule has 1 aromatic carbocycles. The minimum absolute atomic E-state index is 0.0775. The molecule has 1 unspecified atom stereocenters. The number of carboxylic acid groups (broad SMARTS) is 1. The second kappa shape index (κ2) is 7.43. The molecule has 0 aromatic heterocycles. The summed E-state index contributed by atoms with van der Waals surface area (Å²) >= 11 is 0. The number of ether oxygens (including phenoxy) is 1. The summed E-state index contributed by atoms with van der Waals surface area (Å²) in [5.41, 5.74) is 0.263. The number of aromatic carboxylic acids is 1. The molecule has 0 bridgehead atoms. The summed E-state index contributed by atoms with van der Waals surface area (Å²) in [6.45, 7) is 7.51. The van der Waals surface area contributed by atoms with Gasteiger partial charge in [-0.3, -0.25) is 0 Å². The van der Waals surface area contributed by atoms with E-state index in [4.69, 9.17) is 9.84 Å². The second-order valence-electron chi connectivity index (χ2n) is 5.70. The molecule has 1 N–H and O–H groups in total. The van der Waals surface area contributed by atoms with Crippen molar-refractivity contribution in [2.75, 3.05) is 39.8 Å². The molecular weight excluding hydrogens is 268 g/mol. The third-order valence-corrected chi connectivity index (χ3v) is 3.87. The zero-order valence-corrected chi connectivity index (χ0v) is 12.8. The Bertz CT molecular complexity index is 470. The highest BCUT2D eigenvalue weighted by Gasteiger charge is 2.15. The van der Waals surface area contributed by atoms with Gasteiger partial charge in [0.2, 0.25) is 0 Å². The average molecular weight is 292 g/mol. The van der Waals surface area contributed by atoms with Gasteiger partial charge in [-0.05, 0) is 38.6 Å². The van der Waals surface area contributed by atoms with Gasteiger partial charge in [0.05, 0.1) is 11.7 Å². The Morgan fingerprint density at radius 1 is 1.33 bits per heavy atom. The van der Waals surface area contributed by atoms with Gasteiger partial charge in [-0.2, -0.15) is 0 Å². The Morgan fingerprint density at radius 3 is 2.71 bits per heavy atom. The molecule has 5 heteroatoms.